The quantitative estimate of drug-likeness (QED) is 0.451. The summed E-state index contributed by atoms with van der Waals surface area (Å²) in [5.74, 6) is 0.614. The number of nitrogens with zero attached hydrogens (tertiary/aromatic N) is 1. The zero-order valence-electron chi connectivity index (χ0n) is 21.4. The normalized spacial score (nSPS) is 14.7. The van der Waals surface area contributed by atoms with Gasteiger partial charge in [-0.25, -0.2) is 0 Å². The second kappa shape index (κ2) is 15.7. The third-order valence-corrected chi connectivity index (χ3v) is 6.24. The second-order valence-electron chi connectivity index (χ2n) is 8.44. The number of likely N-dealkylation sites (tertiary alicyclic amines) is 1. The molecule has 4 nitrogen and oxygen atoms in total. The molecule has 0 bridgehead atoms. The number of hydrogen-bond acceptors (Lipinski definition) is 3. The highest BCUT2D eigenvalue weighted by atomic mass is 32.3. The fraction of sp³-hybridized carbons (Fsp3) is 0.464. The van der Waals surface area contributed by atoms with Crippen LogP contribution >= 0.6 is 10.3 Å². The molecule has 5 heteroatoms. The Labute approximate surface area is 203 Å². The summed E-state index contributed by atoms with van der Waals surface area (Å²) >= 11 is 0. The Hall–Kier alpha value is -2.08. The van der Waals surface area contributed by atoms with Crippen molar-refractivity contribution in [2.45, 2.75) is 52.5 Å². The fourth-order valence-corrected chi connectivity index (χ4v) is 4.15. The Balaban J connectivity index is 0.000000313. The van der Waals surface area contributed by atoms with Gasteiger partial charge in [0.15, 0.2) is 0 Å². The van der Waals surface area contributed by atoms with Crippen molar-refractivity contribution >= 4 is 22.8 Å². The molecule has 0 saturated carbocycles. The SMILES string of the molecule is CC.CCc1cccc(/C=C/S(C)(C)O)c1.CNCc1cccc(C2CCN(C=O)CC2)c1. The Morgan fingerprint density at radius 2 is 1.70 bits per heavy atom. The van der Waals surface area contributed by atoms with Gasteiger partial charge in [-0.2, -0.15) is 0 Å². The Morgan fingerprint density at radius 3 is 2.27 bits per heavy atom. The summed E-state index contributed by atoms with van der Waals surface area (Å²) in [5, 5.41) is 5.07. The maximum Gasteiger partial charge on any atom is 0.209 e. The molecular formula is C28H44N2O2S. The van der Waals surface area contributed by atoms with Gasteiger partial charge in [0.05, 0.1) is 0 Å². The van der Waals surface area contributed by atoms with Crippen molar-refractivity contribution in [3.05, 3.63) is 76.2 Å². The molecule has 0 aliphatic carbocycles. The van der Waals surface area contributed by atoms with Gasteiger partial charge in [0.1, 0.15) is 0 Å². The fourth-order valence-electron chi connectivity index (χ4n) is 3.66. The summed E-state index contributed by atoms with van der Waals surface area (Å²) in [4.78, 5) is 12.5. The van der Waals surface area contributed by atoms with E-state index in [-0.39, 0.29) is 0 Å². The lowest BCUT2D eigenvalue weighted by atomic mass is 9.89. The highest BCUT2D eigenvalue weighted by Crippen LogP contribution is 2.36. The third kappa shape index (κ3) is 11.6. The number of carbonyl (C=O) groups is 1. The Kier molecular flexibility index (Phi) is 13.8. The molecule has 1 saturated heterocycles. The number of piperidine rings is 1. The van der Waals surface area contributed by atoms with Crippen molar-refractivity contribution in [2.24, 2.45) is 0 Å². The highest BCUT2D eigenvalue weighted by molar-refractivity contribution is 8.30. The summed E-state index contributed by atoms with van der Waals surface area (Å²) in [6.45, 7) is 8.85. The van der Waals surface area contributed by atoms with E-state index in [4.69, 9.17) is 0 Å². The van der Waals surface area contributed by atoms with Crippen LogP contribution in [0.4, 0.5) is 0 Å². The minimum atomic E-state index is -1.52. The number of aryl methyl sites for hydroxylation is 1. The monoisotopic (exact) mass is 472 g/mol. The van der Waals surface area contributed by atoms with Gasteiger partial charge >= 0.3 is 0 Å². The zero-order valence-corrected chi connectivity index (χ0v) is 22.2. The summed E-state index contributed by atoms with van der Waals surface area (Å²) in [6.07, 6.45) is 9.89. The van der Waals surface area contributed by atoms with Crippen LogP contribution in [0.1, 0.15) is 61.8 Å². The first-order valence-corrected chi connectivity index (χ1v) is 14.5. The minimum absolute atomic E-state index is 0.614. The van der Waals surface area contributed by atoms with E-state index >= 15 is 0 Å². The number of hydrogen-bond donors (Lipinski definition) is 2. The molecule has 0 aromatic heterocycles. The van der Waals surface area contributed by atoms with Gasteiger partial charge < -0.3 is 14.8 Å². The summed E-state index contributed by atoms with van der Waals surface area (Å²) in [7, 11) is 0.445. The molecule has 33 heavy (non-hydrogen) atoms. The second-order valence-corrected chi connectivity index (χ2v) is 11.4. The van der Waals surface area contributed by atoms with Crippen LogP contribution in [-0.2, 0) is 17.8 Å². The van der Waals surface area contributed by atoms with Gasteiger partial charge in [0, 0.05) is 19.6 Å². The van der Waals surface area contributed by atoms with Gasteiger partial charge in [-0.05, 0) is 78.5 Å². The lowest BCUT2D eigenvalue weighted by Gasteiger charge is -2.29. The van der Waals surface area contributed by atoms with Crippen LogP contribution in [0.15, 0.2) is 53.9 Å². The van der Waals surface area contributed by atoms with Gasteiger partial charge in [-0.3, -0.25) is 4.79 Å². The topological polar surface area (TPSA) is 52.6 Å². The standard InChI is InChI=1S/C14H20N2O.C12H18OS.C2H6/c1-15-10-12-3-2-4-14(9-12)13-5-7-16(11-17)8-6-13;1-4-11-6-5-7-12(10-11)8-9-14(2,3)13;1-2/h2-4,9,11,13,15H,5-8,10H2,1H3;5-10,13H,4H2,1-3H3;1-2H3/b;9-8+;. The predicted molar refractivity (Wildman–Crippen MR) is 147 cm³/mol. The van der Waals surface area contributed by atoms with Crippen molar-refractivity contribution in [1.29, 1.82) is 0 Å². The molecular weight excluding hydrogens is 428 g/mol. The van der Waals surface area contributed by atoms with Crippen LogP contribution in [0.2, 0.25) is 0 Å². The van der Waals surface area contributed by atoms with E-state index in [0.29, 0.717) is 5.92 Å². The molecule has 0 atom stereocenters. The van der Waals surface area contributed by atoms with Crippen molar-refractivity contribution < 1.29 is 9.35 Å². The van der Waals surface area contributed by atoms with Crippen molar-refractivity contribution in [3.8, 4) is 0 Å². The number of carbonyl (C=O) groups excluding carboxylic acids is 1. The van der Waals surface area contributed by atoms with Crippen LogP contribution in [0, 0.1) is 0 Å². The smallest absolute Gasteiger partial charge is 0.209 e. The summed E-state index contributed by atoms with van der Waals surface area (Å²) in [6, 6.07) is 17.2. The first kappa shape index (κ1) is 29.0. The van der Waals surface area contributed by atoms with E-state index in [1.807, 2.05) is 49.8 Å². The van der Waals surface area contributed by atoms with E-state index in [1.54, 1.807) is 0 Å². The molecule has 184 valence electrons. The van der Waals surface area contributed by atoms with Crippen molar-refractivity contribution in [1.82, 2.24) is 10.2 Å². The zero-order chi connectivity index (χ0) is 24.7. The molecule has 1 amide bonds. The maximum absolute atomic E-state index is 10.7. The van der Waals surface area contributed by atoms with E-state index in [0.717, 1.165) is 45.3 Å². The highest BCUT2D eigenvalue weighted by Gasteiger charge is 2.19. The van der Waals surface area contributed by atoms with Crippen LogP contribution < -0.4 is 5.32 Å². The molecule has 2 N–H and O–H groups in total. The average Bonchev–Trinajstić information content (AvgIpc) is 2.84. The molecule has 1 heterocycles. The van der Waals surface area contributed by atoms with E-state index in [2.05, 4.69) is 60.8 Å². The molecule has 2 aromatic carbocycles. The van der Waals surface area contributed by atoms with E-state index in [1.165, 1.54) is 22.3 Å². The number of rotatable bonds is 7. The van der Waals surface area contributed by atoms with Crippen LogP contribution in [-0.4, -0.2) is 48.5 Å². The number of benzene rings is 2. The number of amides is 1. The lowest BCUT2D eigenvalue weighted by Crippen LogP contribution is -2.31. The van der Waals surface area contributed by atoms with Crippen LogP contribution in [0.25, 0.3) is 6.08 Å². The van der Waals surface area contributed by atoms with E-state index < -0.39 is 10.3 Å². The maximum atomic E-state index is 10.7. The molecule has 2 aromatic rings. The van der Waals surface area contributed by atoms with Crippen LogP contribution in [0.3, 0.4) is 0 Å². The van der Waals surface area contributed by atoms with Gasteiger partial charge in [0.25, 0.3) is 0 Å². The molecule has 1 aliphatic rings. The first-order chi connectivity index (χ1) is 15.8. The Morgan fingerprint density at radius 1 is 1.06 bits per heavy atom. The summed E-state index contributed by atoms with van der Waals surface area (Å²) in [5.41, 5.74) is 5.25. The first-order valence-electron chi connectivity index (χ1n) is 12.0. The van der Waals surface area contributed by atoms with Gasteiger partial charge in [-0.15, -0.1) is 10.3 Å². The lowest BCUT2D eigenvalue weighted by molar-refractivity contribution is -0.119. The average molecular weight is 473 g/mol. The van der Waals surface area contributed by atoms with Gasteiger partial charge in [0.2, 0.25) is 6.41 Å². The molecule has 3 rings (SSSR count). The number of nitrogens with one attached hydrogen (secondary N) is 1. The Bertz CT molecular complexity index is 838. The van der Waals surface area contributed by atoms with Gasteiger partial charge in [-0.1, -0.05) is 69.3 Å². The third-order valence-electron chi connectivity index (χ3n) is 5.43. The van der Waals surface area contributed by atoms with Crippen LogP contribution in [0.5, 0.6) is 0 Å². The molecule has 0 unspecified atom stereocenters. The molecule has 1 aliphatic heterocycles. The van der Waals surface area contributed by atoms with Crippen molar-refractivity contribution in [3.63, 3.8) is 0 Å². The van der Waals surface area contributed by atoms with E-state index in [9.17, 15) is 9.35 Å². The van der Waals surface area contributed by atoms with Crippen molar-refractivity contribution in [2.75, 3.05) is 32.6 Å². The molecule has 0 spiro atoms. The predicted octanol–water partition coefficient (Wildman–Crippen LogP) is 6.52. The molecule has 0 radical (unpaired) electrons. The molecule has 1 fully saturated rings. The largest absolute Gasteiger partial charge is 0.348 e. The minimum Gasteiger partial charge on any atom is -0.348 e. The summed E-state index contributed by atoms with van der Waals surface area (Å²) < 4.78 is 9.60.